The maximum absolute atomic E-state index is 11.8. The van der Waals surface area contributed by atoms with Crippen LogP contribution in [0.4, 0.5) is 5.69 Å². The number of nitrogens with two attached hydrogens (primary N) is 1. The first-order valence-electron chi connectivity index (χ1n) is 5.14. The number of aromatic nitrogens is 4. The van der Waals surface area contributed by atoms with Crippen LogP contribution in [0.15, 0.2) is 24.8 Å². The Balaban J connectivity index is 2.04. The third-order valence-electron chi connectivity index (χ3n) is 2.06. The number of halogens is 1. The molecule has 2 heterocycles. The van der Waals surface area contributed by atoms with Gasteiger partial charge in [0.1, 0.15) is 17.4 Å². The highest BCUT2D eigenvalue weighted by atomic mass is 35.5. The molecule has 3 N–H and O–H groups in total. The van der Waals surface area contributed by atoms with Crippen molar-refractivity contribution < 1.29 is 9.59 Å². The van der Waals surface area contributed by atoms with Crippen LogP contribution in [0.3, 0.4) is 0 Å². The molecule has 0 saturated heterocycles. The van der Waals surface area contributed by atoms with Crippen molar-refractivity contribution in [2.45, 2.75) is 6.54 Å². The van der Waals surface area contributed by atoms with E-state index in [9.17, 15) is 9.59 Å². The molecule has 0 aliphatic rings. The van der Waals surface area contributed by atoms with Gasteiger partial charge in [-0.1, -0.05) is 11.6 Å². The molecule has 0 aromatic carbocycles. The van der Waals surface area contributed by atoms with Gasteiger partial charge in [-0.3, -0.25) is 14.3 Å². The summed E-state index contributed by atoms with van der Waals surface area (Å²) < 4.78 is 1.31. The number of anilines is 1. The molecular formula is C10H9ClN6O2. The van der Waals surface area contributed by atoms with Gasteiger partial charge in [0.2, 0.25) is 5.91 Å². The maximum atomic E-state index is 11.8. The highest BCUT2D eigenvalue weighted by molar-refractivity contribution is 6.29. The van der Waals surface area contributed by atoms with E-state index in [0.717, 1.165) is 0 Å². The predicted molar refractivity (Wildman–Crippen MR) is 66.4 cm³/mol. The second-order valence-corrected chi connectivity index (χ2v) is 3.96. The van der Waals surface area contributed by atoms with Crippen molar-refractivity contribution >= 4 is 29.1 Å². The third kappa shape index (κ3) is 3.49. The van der Waals surface area contributed by atoms with Gasteiger partial charge >= 0.3 is 0 Å². The molecule has 0 aliphatic carbocycles. The smallest absolute Gasteiger partial charge is 0.275 e. The lowest BCUT2D eigenvalue weighted by atomic mass is 10.4. The summed E-state index contributed by atoms with van der Waals surface area (Å²) in [7, 11) is 0. The average Bonchev–Trinajstić information content (AvgIpc) is 2.76. The molecule has 2 aromatic heterocycles. The van der Waals surface area contributed by atoms with Crippen LogP contribution in [-0.2, 0) is 11.3 Å². The second-order valence-electron chi connectivity index (χ2n) is 3.57. The van der Waals surface area contributed by atoms with Crippen molar-refractivity contribution in [3.8, 4) is 0 Å². The Morgan fingerprint density at radius 1 is 1.32 bits per heavy atom. The Kier molecular flexibility index (Phi) is 3.71. The number of hydrogen-bond acceptors (Lipinski definition) is 5. The molecule has 2 aromatic rings. The van der Waals surface area contributed by atoms with E-state index in [1.165, 1.54) is 29.5 Å². The van der Waals surface area contributed by atoms with Crippen LogP contribution in [-0.4, -0.2) is 31.6 Å². The Labute approximate surface area is 112 Å². The molecule has 0 fully saturated rings. The lowest BCUT2D eigenvalue weighted by Gasteiger charge is -2.00. The van der Waals surface area contributed by atoms with Gasteiger partial charge in [0.25, 0.3) is 5.91 Å². The first-order valence-corrected chi connectivity index (χ1v) is 5.52. The van der Waals surface area contributed by atoms with Crippen LogP contribution >= 0.6 is 11.6 Å². The van der Waals surface area contributed by atoms with Crippen molar-refractivity contribution in [3.63, 3.8) is 0 Å². The fourth-order valence-electron chi connectivity index (χ4n) is 1.30. The van der Waals surface area contributed by atoms with Gasteiger partial charge in [0.15, 0.2) is 0 Å². The summed E-state index contributed by atoms with van der Waals surface area (Å²) in [5.41, 5.74) is 5.56. The minimum absolute atomic E-state index is 0.0589. The Bertz CT molecular complexity index is 609. The van der Waals surface area contributed by atoms with E-state index in [4.69, 9.17) is 17.3 Å². The molecule has 0 aliphatic heterocycles. The zero-order valence-electron chi connectivity index (χ0n) is 9.58. The van der Waals surface area contributed by atoms with E-state index >= 15 is 0 Å². The molecule has 0 spiro atoms. The van der Waals surface area contributed by atoms with Gasteiger partial charge in [0, 0.05) is 6.20 Å². The van der Waals surface area contributed by atoms with Crippen LogP contribution in [0, 0.1) is 0 Å². The molecule has 0 atom stereocenters. The summed E-state index contributed by atoms with van der Waals surface area (Å²) in [6.07, 6.45) is 5.40. The Morgan fingerprint density at radius 2 is 2.11 bits per heavy atom. The zero-order valence-corrected chi connectivity index (χ0v) is 10.3. The molecule has 19 heavy (non-hydrogen) atoms. The summed E-state index contributed by atoms with van der Waals surface area (Å²) in [5, 5.41) is 6.61. The average molecular weight is 281 g/mol. The normalized spacial score (nSPS) is 10.2. The van der Waals surface area contributed by atoms with Crippen molar-refractivity contribution in [1.29, 1.82) is 0 Å². The van der Waals surface area contributed by atoms with Crippen molar-refractivity contribution in [2.24, 2.45) is 5.73 Å². The molecular weight excluding hydrogens is 272 g/mol. The maximum Gasteiger partial charge on any atom is 0.275 e. The summed E-state index contributed by atoms with van der Waals surface area (Å²) in [6, 6.07) is 0. The minimum atomic E-state index is -0.524. The number of primary amides is 1. The Hall–Kier alpha value is -2.48. The summed E-state index contributed by atoms with van der Waals surface area (Å²) >= 11 is 5.57. The molecule has 0 unspecified atom stereocenters. The van der Waals surface area contributed by atoms with Crippen molar-refractivity contribution in [1.82, 2.24) is 19.7 Å². The fourth-order valence-corrected chi connectivity index (χ4v) is 1.40. The number of hydrogen-bond donors (Lipinski definition) is 2. The molecule has 0 saturated carbocycles. The van der Waals surface area contributed by atoms with Crippen LogP contribution in [0.2, 0.25) is 5.15 Å². The fraction of sp³-hybridized carbons (Fsp3) is 0.100. The lowest BCUT2D eigenvalue weighted by molar-refractivity contribution is -0.118. The number of amides is 2. The van der Waals surface area contributed by atoms with E-state index in [0.29, 0.717) is 5.69 Å². The van der Waals surface area contributed by atoms with Crippen LogP contribution in [0.25, 0.3) is 0 Å². The van der Waals surface area contributed by atoms with E-state index in [-0.39, 0.29) is 17.4 Å². The molecule has 0 bridgehead atoms. The van der Waals surface area contributed by atoms with Gasteiger partial charge in [0.05, 0.1) is 24.3 Å². The number of nitrogens with zero attached hydrogens (tertiary/aromatic N) is 4. The van der Waals surface area contributed by atoms with Crippen LogP contribution in [0.1, 0.15) is 10.5 Å². The van der Waals surface area contributed by atoms with Crippen LogP contribution < -0.4 is 11.1 Å². The quantitative estimate of drug-likeness (QED) is 0.822. The van der Waals surface area contributed by atoms with Crippen molar-refractivity contribution in [3.05, 3.63) is 35.6 Å². The van der Waals surface area contributed by atoms with E-state index < -0.39 is 11.8 Å². The summed E-state index contributed by atoms with van der Waals surface area (Å²) in [5.74, 6) is -0.979. The van der Waals surface area contributed by atoms with Gasteiger partial charge < -0.3 is 11.1 Å². The predicted octanol–water partition coefficient (Wildman–Crippen LogP) is 0.0641. The molecule has 2 rings (SSSR count). The van der Waals surface area contributed by atoms with Crippen LogP contribution in [0.5, 0.6) is 0 Å². The molecule has 98 valence electrons. The molecule has 0 radical (unpaired) electrons. The van der Waals surface area contributed by atoms with E-state index in [1.54, 1.807) is 0 Å². The minimum Gasteiger partial charge on any atom is -0.368 e. The SMILES string of the molecule is NC(=O)Cn1cc(NC(=O)c2cnc(Cl)cn2)cn1. The lowest BCUT2D eigenvalue weighted by Crippen LogP contribution is -2.18. The van der Waals surface area contributed by atoms with Crippen molar-refractivity contribution in [2.75, 3.05) is 5.32 Å². The molecule has 8 nitrogen and oxygen atoms in total. The van der Waals surface area contributed by atoms with E-state index in [1.807, 2.05) is 0 Å². The van der Waals surface area contributed by atoms with Gasteiger partial charge in [-0.25, -0.2) is 9.97 Å². The number of carbonyl (C=O) groups is 2. The monoisotopic (exact) mass is 280 g/mol. The molecule has 9 heteroatoms. The van der Waals surface area contributed by atoms with Gasteiger partial charge in [-0.15, -0.1) is 0 Å². The summed E-state index contributed by atoms with van der Waals surface area (Å²) in [6.45, 7) is -0.0589. The molecule has 2 amide bonds. The highest BCUT2D eigenvalue weighted by Crippen LogP contribution is 2.07. The summed E-state index contributed by atoms with van der Waals surface area (Å²) in [4.78, 5) is 30.0. The van der Waals surface area contributed by atoms with Gasteiger partial charge in [-0.2, -0.15) is 5.10 Å². The zero-order chi connectivity index (χ0) is 13.8. The first kappa shape index (κ1) is 13.0. The van der Waals surface area contributed by atoms with E-state index in [2.05, 4.69) is 20.4 Å². The number of carbonyl (C=O) groups excluding carboxylic acids is 2. The largest absolute Gasteiger partial charge is 0.368 e. The number of nitrogens with one attached hydrogen (secondary N) is 1. The topological polar surface area (TPSA) is 116 Å². The standard InChI is InChI=1S/C10H9ClN6O2/c11-8-3-13-7(2-14-8)10(19)16-6-1-15-17(4-6)5-9(12)18/h1-4H,5H2,(H2,12,18)(H,16,19). The first-order chi connectivity index (χ1) is 9.04. The second kappa shape index (κ2) is 5.44. The number of rotatable bonds is 4. The third-order valence-corrected chi connectivity index (χ3v) is 2.26. The Morgan fingerprint density at radius 3 is 2.74 bits per heavy atom. The van der Waals surface area contributed by atoms with Gasteiger partial charge in [-0.05, 0) is 0 Å². The highest BCUT2D eigenvalue weighted by Gasteiger charge is 2.10.